The first-order chi connectivity index (χ1) is 8.28. The Morgan fingerprint density at radius 1 is 1.24 bits per heavy atom. The van der Waals surface area contributed by atoms with Gasteiger partial charge in [-0.2, -0.15) is 0 Å². The summed E-state index contributed by atoms with van der Waals surface area (Å²) in [5, 5.41) is 3.74. The summed E-state index contributed by atoms with van der Waals surface area (Å²) in [5.74, 6) is 1.29. The zero-order valence-corrected chi connectivity index (χ0v) is 11.4. The number of hydrogen-bond donors (Lipinski definition) is 0. The van der Waals surface area contributed by atoms with E-state index in [4.69, 9.17) is 27.9 Å². The van der Waals surface area contributed by atoms with Gasteiger partial charge in [-0.3, -0.25) is 0 Å². The van der Waals surface area contributed by atoms with Gasteiger partial charge in [0.15, 0.2) is 0 Å². The number of hydrogen-bond acceptors (Lipinski definition) is 3. The Morgan fingerprint density at radius 3 is 2.65 bits per heavy atom. The monoisotopic (exact) mass is 287 g/mol. The summed E-state index contributed by atoms with van der Waals surface area (Å²) in [4.78, 5) is 4.36. The average molecular weight is 288 g/mol. The predicted octanol–water partition coefficient (Wildman–Crippen LogP) is 4.16. The van der Waals surface area contributed by atoms with Crippen LogP contribution in [0.25, 0.3) is 0 Å². The molecule has 0 spiro atoms. The molecular weight excluding hydrogens is 277 g/mol. The highest BCUT2D eigenvalue weighted by atomic mass is 35.5. The Labute approximate surface area is 114 Å². The molecule has 0 aliphatic heterocycles. The highest BCUT2D eigenvalue weighted by Crippen LogP contribution is 2.16. The molecule has 1 heterocycles. The lowest BCUT2D eigenvalue weighted by Crippen LogP contribution is -2.01. The van der Waals surface area contributed by atoms with Gasteiger partial charge in [-0.15, -0.1) is 22.9 Å². The number of alkyl halides is 1. The molecule has 1 aromatic carbocycles. The lowest BCUT2D eigenvalue weighted by Gasteiger charge is -2.04. The largest absolute Gasteiger partial charge is 0.493 e. The summed E-state index contributed by atoms with van der Waals surface area (Å²) < 4.78 is 5.58. The van der Waals surface area contributed by atoms with Crippen LogP contribution in [-0.2, 0) is 12.3 Å². The quantitative estimate of drug-likeness (QED) is 0.771. The molecule has 0 atom stereocenters. The Balaban J connectivity index is 1.81. The molecule has 1 aromatic heterocycles. The third-order valence-corrected chi connectivity index (χ3v) is 3.62. The van der Waals surface area contributed by atoms with Crippen molar-refractivity contribution in [1.82, 2.24) is 4.98 Å². The molecule has 0 N–H and O–H groups in total. The van der Waals surface area contributed by atoms with E-state index in [0.717, 1.165) is 22.9 Å². The van der Waals surface area contributed by atoms with Gasteiger partial charge in [0.25, 0.3) is 0 Å². The standard InChI is InChI=1S/C12H11Cl2NOS/c13-7-10-8-17-12(15-10)5-6-16-11-3-1-9(14)2-4-11/h1-4,8H,5-7H2. The SMILES string of the molecule is ClCc1csc(CCOc2ccc(Cl)cc2)n1. The number of benzene rings is 1. The van der Waals surface area contributed by atoms with Crippen molar-refractivity contribution in [3.05, 3.63) is 45.4 Å². The number of aromatic nitrogens is 1. The van der Waals surface area contributed by atoms with Crippen molar-refractivity contribution in [3.63, 3.8) is 0 Å². The minimum Gasteiger partial charge on any atom is -0.493 e. The number of thiazole rings is 1. The second kappa shape index (κ2) is 6.24. The van der Waals surface area contributed by atoms with Crippen molar-refractivity contribution in [2.75, 3.05) is 6.61 Å². The number of rotatable bonds is 5. The maximum Gasteiger partial charge on any atom is 0.119 e. The van der Waals surface area contributed by atoms with Crippen LogP contribution >= 0.6 is 34.5 Å². The molecule has 0 aliphatic rings. The van der Waals surface area contributed by atoms with Crippen LogP contribution < -0.4 is 4.74 Å². The first kappa shape index (κ1) is 12.7. The van der Waals surface area contributed by atoms with E-state index in [1.807, 2.05) is 29.6 Å². The van der Waals surface area contributed by atoms with Crippen molar-refractivity contribution in [2.45, 2.75) is 12.3 Å². The molecule has 2 nitrogen and oxygen atoms in total. The van der Waals surface area contributed by atoms with Gasteiger partial charge >= 0.3 is 0 Å². The highest BCUT2D eigenvalue weighted by Gasteiger charge is 2.01. The van der Waals surface area contributed by atoms with Crippen LogP contribution in [0.3, 0.4) is 0 Å². The smallest absolute Gasteiger partial charge is 0.119 e. The van der Waals surface area contributed by atoms with E-state index in [-0.39, 0.29) is 0 Å². The Morgan fingerprint density at radius 2 is 2.00 bits per heavy atom. The predicted molar refractivity (Wildman–Crippen MR) is 72.3 cm³/mol. The van der Waals surface area contributed by atoms with Crippen molar-refractivity contribution >= 4 is 34.5 Å². The third-order valence-electron chi connectivity index (χ3n) is 2.13. The zero-order valence-electron chi connectivity index (χ0n) is 9.03. The lowest BCUT2D eigenvalue weighted by atomic mass is 10.3. The fraction of sp³-hybridized carbons (Fsp3) is 0.250. The van der Waals surface area contributed by atoms with Crippen molar-refractivity contribution in [1.29, 1.82) is 0 Å². The summed E-state index contributed by atoms with van der Waals surface area (Å²) in [6, 6.07) is 7.33. The Hall–Kier alpha value is -0.770. The van der Waals surface area contributed by atoms with Crippen LogP contribution in [0.4, 0.5) is 0 Å². The van der Waals surface area contributed by atoms with E-state index in [9.17, 15) is 0 Å². The van der Waals surface area contributed by atoms with Gasteiger partial charge in [-0.25, -0.2) is 4.98 Å². The van der Waals surface area contributed by atoms with E-state index in [1.165, 1.54) is 0 Å². The average Bonchev–Trinajstić information content (AvgIpc) is 2.80. The summed E-state index contributed by atoms with van der Waals surface area (Å²) in [6.07, 6.45) is 0.796. The fourth-order valence-corrected chi connectivity index (χ4v) is 2.45. The maximum atomic E-state index is 5.78. The number of nitrogens with zero attached hydrogens (tertiary/aromatic N) is 1. The van der Waals surface area contributed by atoms with Gasteiger partial charge in [0.05, 0.1) is 23.2 Å². The van der Waals surface area contributed by atoms with Crippen LogP contribution in [0.1, 0.15) is 10.7 Å². The van der Waals surface area contributed by atoms with E-state index in [1.54, 1.807) is 11.3 Å². The summed E-state index contributed by atoms with van der Waals surface area (Å²) in [6.45, 7) is 0.608. The summed E-state index contributed by atoms with van der Waals surface area (Å²) in [5.41, 5.74) is 0.929. The molecule has 5 heteroatoms. The van der Waals surface area contributed by atoms with Crippen molar-refractivity contribution in [2.24, 2.45) is 0 Å². The maximum absolute atomic E-state index is 5.78. The highest BCUT2D eigenvalue weighted by molar-refractivity contribution is 7.09. The number of halogens is 2. The van der Waals surface area contributed by atoms with E-state index in [0.29, 0.717) is 17.5 Å². The zero-order chi connectivity index (χ0) is 12.1. The van der Waals surface area contributed by atoms with Gasteiger partial charge < -0.3 is 4.74 Å². The molecule has 0 aliphatic carbocycles. The molecule has 0 saturated heterocycles. The van der Waals surface area contributed by atoms with Crippen LogP contribution in [-0.4, -0.2) is 11.6 Å². The van der Waals surface area contributed by atoms with Gasteiger partial charge in [-0.1, -0.05) is 11.6 Å². The van der Waals surface area contributed by atoms with Gasteiger partial charge in [0.2, 0.25) is 0 Å². The summed E-state index contributed by atoms with van der Waals surface area (Å²) >= 11 is 13.1. The minimum absolute atomic E-state index is 0.467. The Kier molecular flexibility index (Phi) is 4.66. The normalized spacial score (nSPS) is 10.5. The Bertz CT molecular complexity index is 470. The fourth-order valence-electron chi connectivity index (χ4n) is 1.31. The molecule has 2 aromatic rings. The van der Waals surface area contributed by atoms with Crippen LogP contribution in [0.2, 0.25) is 5.02 Å². The first-order valence-electron chi connectivity index (χ1n) is 5.15. The second-order valence-corrected chi connectivity index (χ2v) is 5.06. The van der Waals surface area contributed by atoms with Crippen LogP contribution in [0.5, 0.6) is 5.75 Å². The van der Waals surface area contributed by atoms with E-state index >= 15 is 0 Å². The van der Waals surface area contributed by atoms with Gasteiger partial charge in [0, 0.05) is 16.8 Å². The molecular formula is C12H11Cl2NOS. The van der Waals surface area contributed by atoms with E-state index in [2.05, 4.69) is 4.98 Å². The first-order valence-corrected chi connectivity index (χ1v) is 6.95. The topological polar surface area (TPSA) is 22.1 Å². The third kappa shape index (κ3) is 3.87. The molecule has 2 rings (SSSR count). The van der Waals surface area contributed by atoms with Crippen LogP contribution in [0, 0.1) is 0 Å². The molecule has 17 heavy (non-hydrogen) atoms. The van der Waals surface area contributed by atoms with Crippen molar-refractivity contribution < 1.29 is 4.74 Å². The second-order valence-electron chi connectivity index (χ2n) is 3.42. The lowest BCUT2D eigenvalue weighted by molar-refractivity contribution is 0.321. The van der Waals surface area contributed by atoms with Crippen molar-refractivity contribution in [3.8, 4) is 5.75 Å². The molecule has 0 fully saturated rings. The van der Waals surface area contributed by atoms with Crippen LogP contribution in [0.15, 0.2) is 29.6 Å². The molecule has 0 saturated carbocycles. The summed E-state index contributed by atoms with van der Waals surface area (Å²) in [7, 11) is 0. The molecule has 0 unspecified atom stereocenters. The minimum atomic E-state index is 0.467. The molecule has 0 amide bonds. The van der Waals surface area contributed by atoms with Gasteiger partial charge in [0.1, 0.15) is 5.75 Å². The molecule has 0 radical (unpaired) electrons. The van der Waals surface area contributed by atoms with E-state index < -0.39 is 0 Å². The molecule has 90 valence electrons. The molecule has 0 bridgehead atoms. The van der Waals surface area contributed by atoms with Gasteiger partial charge in [-0.05, 0) is 24.3 Å². The number of ether oxygens (including phenoxy) is 1.